The summed E-state index contributed by atoms with van der Waals surface area (Å²) in [5.74, 6) is 1.94. The lowest BCUT2D eigenvalue weighted by atomic mass is 10.1. The molecule has 21 heavy (non-hydrogen) atoms. The molecule has 1 atom stereocenters. The number of anilines is 1. The van der Waals surface area contributed by atoms with E-state index in [1.54, 1.807) is 23.1 Å². The monoisotopic (exact) mass is 318 g/mol. The van der Waals surface area contributed by atoms with Crippen LogP contribution in [0.4, 0.5) is 5.69 Å². The molecule has 0 aliphatic heterocycles. The third-order valence-corrected chi connectivity index (χ3v) is 5.48. The number of thiazole rings is 1. The topological polar surface area (TPSA) is 38.1 Å². The van der Waals surface area contributed by atoms with E-state index in [0.717, 1.165) is 27.1 Å². The second kappa shape index (κ2) is 5.73. The van der Waals surface area contributed by atoms with Gasteiger partial charge in [-0.1, -0.05) is 11.8 Å². The van der Waals surface area contributed by atoms with Gasteiger partial charge in [0.15, 0.2) is 4.34 Å². The van der Waals surface area contributed by atoms with E-state index in [9.17, 15) is 0 Å². The van der Waals surface area contributed by atoms with Gasteiger partial charge in [-0.2, -0.15) is 0 Å². The third-order valence-electron chi connectivity index (χ3n) is 3.47. The molecule has 0 radical (unpaired) electrons. The Morgan fingerprint density at radius 3 is 2.76 bits per heavy atom. The summed E-state index contributed by atoms with van der Waals surface area (Å²) >= 11 is 3.43. The Kier molecular flexibility index (Phi) is 3.95. The Hall–Kier alpha value is -1.46. The van der Waals surface area contributed by atoms with Crippen molar-refractivity contribution in [1.29, 1.82) is 0 Å². The van der Waals surface area contributed by atoms with Gasteiger partial charge < -0.3 is 9.73 Å². The third kappa shape index (κ3) is 2.94. The molecule has 5 heteroatoms. The maximum atomic E-state index is 5.61. The summed E-state index contributed by atoms with van der Waals surface area (Å²) in [6, 6.07) is 8.65. The Morgan fingerprint density at radius 2 is 2.10 bits per heavy atom. The number of thioether (sulfide) groups is 1. The summed E-state index contributed by atoms with van der Waals surface area (Å²) in [7, 11) is 0. The number of hydrogen-bond acceptors (Lipinski definition) is 5. The van der Waals surface area contributed by atoms with Crippen LogP contribution in [0.15, 0.2) is 33.0 Å². The number of aryl methyl sites for hydroxylation is 2. The molecule has 2 aromatic heterocycles. The van der Waals surface area contributed by atoms with Crippen molar-refractivity contribution >= 4 is 39.0 Å². The second-order valence-corrected chi connectivity index (χ2v) is 7.19. The second-order valence-electron chi connectivity index (χ2n) is 5.10. The first-order valence-corrected chi connectivity index (χ1v) is 8.89. The Bertz CT molecular complexity index is 776. The highest BCUT2D eigenvalue weighted by molar-refractivity contribution is 8.00. The highest BCUT2D eigenvalue weighted by Gasteiger charge is 2.13. The molecule has 0 aliphatic carbocycles. The summed E-state index contributed by atoms with van der Waals surface area (Å²) < 4.78 is 7.94. The lowest BCUT2D eigenvalue weighted by Gasteiger charge is -2.14. The van der Waals surface area contributed by atoms with Gasteiger partial charge in [-0.3, -0.25) is 0 Å². The number of nitrogens with zero attached hydrogens (tertiary/aromatic N) is 1. The maximum absolute atomic E-state index is 5.61. The van der Waals surface area contributed by atoms with Crippen molar-refractivity contribution in [3.63, 3.8) is 0 Å². The molecule has 3 nitrogen and oxygen atoms in total. The molecule has 0 amide bonds. The minimum absolute atomic E-state index is 0.216. The molecule has 0 saturated heterocycles. The van der Waals surface area contributed by atoms with E-state index in [0.29, 0.717) is 0 Å². The van der Waals surface area contributed by atoms with Crippen molar-refractivity contribution in [3.05, 3.63) is 41.3 Å². The van der Waals surface area contributed by atoms with E-state index in [2.05, 4.69) is 47.7 Å². The fourth-order valence-electron chi connectivity index (χ4n) is 2.49. The van der Waals surface area contributed by atoms with E-state index < -0.39 is 0 Å². The molecule has 0 saturated carbocycles. The van der Waals surface area contributed by atoms with Crippen molar-refractivity contribution in [2.24, 2.45) is 0 Å². The number of furan rings is 1. The summed E-state index contributed by atoms with van der Waals surface area (Å²) in [6.45, 7) is 6.15. The van der Waals surface area contributed by atoms with Crippen LogP contribution in [-0.4, -0.2) is 11.2 Å². The quantitative estimate of drug-likeness (QED) is 0.653. The van der Waals surface area contributed by atoms with Gasteiger partial charge in [0.1, 0.15) is 11.5 Å². The molecule has 1 aromatic carbocycles. The maximum Gasteiger partial charge on any atom is 0.150 e. The van der Waals surface area contributed by atoms with Crippen LogP contribution in [0.2, 0.25) is 0 Å². The summed E-state index contributed by atoms with van der Waals surface area (Å²) in [4.78, 5) is 4.57. The summed E-state index contributed by atoms with van der Waals surface area (Å²) in [5, 5.41) is 3.54. The standard InChI is InChI=1S/C16H18N2OS2/c1-9-7-13(11(3)19-9)10(2)17-12-5-6-14-15(8-12)21-16(18-14)20-4/h5-8,10,17H,1-4H3. The molecule has 0 bridgehead atoms. The zero-order valence-electron chi connectivity index (χ0n) is 12.6. The highest BCUT2D eigenvalue weighted by Crippen LogP contribution is 2.31. The molecule has 0 spiro atoms. The van der Waals surface area contributed by atoms with Crippen LogP contribution in [0.1, 0.15) is 30.0 Å². The molecule has 3 rings (SSSR count). The van der Waals surface area contributed by atoms with Crippen LogP contribution >= 0.6 is 23.1 Å². The first kappa shape index (κ1) is 14.5. The molecule has 110 valence electrons. The lowest BCUT2D eigenvalue weighted by Crippen LogP contribution is -2.06. The predicted octanol–water partition coefficient (Wildman–Crippen LogP) is 5.40. The number of fused-ring (bicyclic) bond motifs is 1. The van der Waals surface area contributed by atoms with E-state index in [-0.39, 0.29) is 6.04 Å². The minimum atomic E-state index is 0.216. The first-order valence-electron chi connectivity index (χ1n) is 6.85. The lowest BCUT2D eigenvalue weighted by molar-refractivity contribution is 0.500. The van der Waals surface area contributed by atoms with Crippen LogP contribution in [0, 0.1) is 13.8 Å². The Balaban J connectivity index is 1.85. The number of benzene rings is 1. The summed E-state index contributed by atoms with van der Waals surface area (Å²) in [5.41, 5.74) is 3.39. The Labute approximate surface area is 132 Å². The number of nitrogens with one attached hydrogen (secondary N) is 1. The molecule has 1 N–H and O–H groups in total. The smallest absolute Gasteiger partial charge is 0.150 e. The molecular weight excluding hydrogens is 300 g/mol. The average molecular weight is 318 g/mol. The van der Waals surface area contributed by atoms with Gasteiger partial charge in [-0.25, -0.2) is 4.98 Å². The number of hydrogen-bond donors (Lipinski definition) is 1. The number of rotatable bonds is 4. The van der Waals surface area contributed by atoms with Gasteiger partial charge in [0.2, 0.25) is 0 Å². The van der Waals surface area contributed by atoms with Crippen LogP contribution in [-0.2, 0) is 0 Å². The van der Waals surface area contributed by atoms with Crippen LogP contribution in [0.25, 0.3) is 10.2 Å². The minimum Gasteiger partial charge on any atom is -0.466 e. The zero-order valence-corrected chi connectivity index (χ0v) is 14.2. The van der Waals surface area contributed by atoms with Crippen LogP contribution < -0.4 is 5.32 Å². The molecule has 0 aliphatic rings. The van der Waals surface area contributed by atoms with Crippen molar-refractivity contribution in [1.82, 2.24) is 4.98 Å². The summed E-state index contributed by atoms with van der Waals surface area (Å²) in [6.07, 6.45) is 2.06. The molecule has 2 heterocycles. The fraction of sp³-hybridized carbons (Fsp3) is 0.312. The van der Waals surface area contributed by atoms with Crippen molar-refractivity contribution < 1.29 is 4.42 Å². The number of aromatic nitrogens is 1. The first-order chi connectivity index (χ1) is 10.1. The molecule has 3 aromatic rings. The van der Waals surface area contributed by atoms with Gasteiger partial charge in [0.25, 0.3) is 0 Å². The van der Waals surface area contributed by atoms with Crippen LogP contribution in [0.5, 0.6) is 0 Å². The average Bonchev–Trinajstić information content (AvgIpc) is 3.00. The van der Waals surface area contributed by atoms with Crippen molar-refractivity contribution in [2.45, 2.75) is 31.2 Å². The van der Waals surface area contributed by atoms with E-state index in [1.165, 1.54) is 10.3 Å². The van der Waals surface area contributed by atoms with Gasteiger partial charge >= 0.3 is 0 Å². The van der Waals surface area contributed by atoms with Gasteiger partial charge in [0, 0.05) is 11.3 Å². The van der Waals surface area contributed by atoms with Crippen LogP contribution in [0.3, 0.4) is 0 Å². The largest absolute Gasteiger partial charge is 0.466 e. The van der Waals surface area contributed by atoms with Gasteiger partial charge in [0.05, 0.1) is 16.3 Å². The van der Waals surface area contributed by atoms with E-state index in [4.69, 9.17) is 4.42 Å². The highest BCUT2D eigenvalue weighted by atomic mass is 32.2. The normalized spacial score (nSPS) is 12.8. The molecule has 0 fully saturated rings. The Morgan fingerprint density at radius 1 is 1.29 bits per heavy atom. The predicted molar refractivity (Wildman–Crippen MR) is 91.6 cm³/mol. The molecule has 1 unspecified atom stereocenters. The van der Waals surface area contributed by atoms with E-state index in [1.807, 2.05) is 13.8 Å². The van der Waals surface area contributed by atoms with Gasteiger partial charge in [-0.05, 0) is 51.3 Å². The van der Waals surface area contributed by atoms with E-state index >= 15 is 0 Å². The molecular formula is C16H18N2OS2. The van der Waals surface area contributed by atoms with Gasteiger partial charge in [-0.15, -0.1) is 11.3 Å². The van der Waals surface area contributed by atoms with Crippen molar-refractivity contribution in [3.8, 4) is 0 Å². The fourth-order valence-corrected chi connectivity index (χ4v) is 4.02. The van der Waals surface area contributed by atoms with Crippen molar-refractivity contribution in [2.75, 3.05) is 11.6 Å². The zero-order chi connectivity index (χ0) is 15.0. The SMILES string of the molecule is CSc1nc2ccc(NC(C)c3cc(C)oc3C)cc2s1.